The Bertz CT molecular complexity index is 818. The van der Waals surface area contributed by atoms with Crippen LogP contribution in [0.1, 0.15) is 43.0 Å². The number of carbonyl (C=O) groups is 2. The lowest BCUT2D eigenvalue weighted by Gasteiger charge is -2.09. The zero-order valence-corrected chi connectivity index (χ0v) is 11.6. The molecule has 2 aliphatic carbocycles. The molecule has 0 heterocycles. The number of allylic oxidation sites excluding steroid dienone is 1. The van der Waals surface area contributed by atoms with Crippen LogP contribution in [0.15, 0.2) is 42.0 Å². The molecule has 0 aliphatic heterocycles. The first-order valence-corrected chi connectivity index (χ1v) is 7.00. The quantitative estimate of drug-likeness (QED) is 0.892. The zero-order valence-electron chi connectivity index (χ0n) is 11.6. The minimum absolute atomic E-state index is 0.307. The molecule has 0 aromatic heterocycles. The van der Waals surface area contributed by atoms with Crippen LogP contribution in [0.3, 0.4) is 0 Å². The van der Waals surface area contributed by atoms with E-state index in [1.54, 1.807) is 24.3 Å². The molecule has 0 radical (unpaired) electrons. The minimum Gasteiger partial charge on any atom is -0.478 e. The van der Waals surface area contributed by atoms with E-state index in [-0.39, 0.29) is 0 Å². The zero-order chi connectivity index (χ0) is 15.4. The van der Waals surface area contributed by atoms with Crippen molar-refractivity contribution in [2.24, 2.45) is 0 Å². The summed E-state index contributed by atoms with van der Waals surface area (Å²) < 4.78 is 0. The molecule has 2 aliphatic rings. The summed E-state index contributed by atoms with van der Waals surface area (Å²) in [5.74, 6) is -1.83. The van der Waals surface area contributed by atoms with Gasteiger partial charge >= 0.3 is 11.9 Å². The Morgan fingerprint density at radius 2 is 1.23 bits per heavy atom. The maximum Gasteiger partial charge on any atom is 0.335 e. The van der Waals surface area contributed by atoms with Gasteiger partial charge in [0.15, 0.2) is 0 Å². The highest BCUT2D eigenvalue weighted by Gasteiger charge is 2.30. The third-order valence-electron chi connectivity index (χ3n) is 4.40. The molecule has 0 spiro atoms. The molecule has 2 aromatic rings. The van der Waals surface area contributed by atoms with Crippen molar-refractivity contribution in [3.63, 3.8) is 0 Å². The molecule has 0 amide bonds. The van der Waals surface area contributed by atoms with Crippen LogP contribution in [0.5, 0.6) is 0 Å². The van der Waals surface area contributed by atoms with Gasteiger partial charge in [-0.05, 0) is 64.9 Å². The maximum atomic E-state index is 11.1. The molecule has 0 fully saturated rings. The number of fused-ring (bicyclic) bond motifs is 4. The molecular formula is C18H12O4. The van der Waals surface area contributed by atoms with Crippen molar-refractivity contribution in [2.45, 2.75) is 12.8 Å². The van der Waals surface area contributed by atoms with Gasteiger partial charge in [0.05, 0.1) is 11.1 Å². The molecule has 2 N–H and O–H groups in total. The van der Waals surface area contributed by atoms with E-state index in [1.807, 2.05) is 12.1 Å². The summed E-state index contributed by atoms with van der Waals surface area (Å²) in [6.07, 6.45) is 1.48. The van der Waals surface area contributed by atoms with Crippen molar-refractivity contribution in [1.29, 1.82) is 0 Å². The van der Waals surface area contributed by atoms with Crippen molar-refractivity contribution in [1.82, 2.24) is 0 Å². The van der Waals surface area contributed by atoms with Crippen LogP contribution in [-0.2, 0) is 12.8 Å². The molecule has 4 rings (SSSR count). The second-order valence-electron chi connectivity index (χ2n) is 5.69. The standard InChI is InChI=1S/C18H12O4/c19-17(20)9-1-3-14-11(5-9)7-13-8-12-6-10(18(21)22)2-4-15(12)16(13)14/h1-6H,7-8H2,(H,19,20)(H,21,22). The largest absolute Gasteiger partial charge is 0.478 e. The minimum atomic E-state index is -0.915. The van der Waals surface area contributed by atoms with E-state index in [4.69, 9.17) is 10.2 Å². The molecule has 0 atom stereocenters. The number of aromatic carboxylic acids is 2. The smallest absolute Gasteiger partial charge is 0.335 e. The van der Waals surface area contributed by atoms with Crippen molar-refractivity contribution in [3.05, 3.63) is 75.4 Å². The second-order valence-corrected chi connectivity index (χ2v) is 5.69. The summed E-state index contributed by atoms with van der Waals surface area (Å²) in [5.41, 5.74) is 7.23. The van der Waals surface area contributed by atoms with E-state index in [2.05, 4.69) is 0 Å². The second kappa shape index (κ2) is 4.31. The molecule has 0 saturated carbocycles. The predicted molar refractivity (Wildman–Crippen MR) is 80.2 cm³/mol. The van der Waals surface area contributed by atoms with Gasteiger partial charge in [0.2, 0.25) is 0 Å². The van der Waals surface area contributed by atoms with Crippen LogP contribution in [-0.4, -0.2) is 22.2 Å². The molecule has 0 saturated heterocycles. The Morgan fingerprint density at radius 1 is 0.773 bits per heavy atom. The van der Waals surface area contributed by atoms with E-state index in [0.717, 1.165) is 40.7 Å². The molecule has 4 nitrogen and oxygen atoms in total. The van der Waals surface area contributed by atoms with Crippen LogP contribution in [0.2, 0.25) is 0 Å². The van der Waals surface area contributed by atoms with Gasteiger partial charge in [-0.15, -0.1) is 0 Å². The summed E-state index contributed by atoms with van der Waals surface area (Å²) in [5, 5.41) is 18.2. The molecule has 0 unspecified atom stereocenters. The molecular weight excluding hydrogens is 280 g/mol. The molecule has 2 aromatic carbocycles. The highest BCUT2D eigenvalue weighted by molar-refractivity contribution is 5.96. The van der Waals surface area contributed by atoms with E-state index in [1.165, 1.54) is 5.57 Å². The number of hydrogen-bond donors (Lipinski definition) is 2. The van der Waals surface area contributed by atoms with Gasteiger partial charge in [-0.2, -0.15) is 0 Å². The Morgan fingerprint density at radius 3 is 1.64 bits per heavy atom. The summed E-state index contributed by atoms with van der Waals surface area (Å²) in [6, 6.07) is 10.5. The number of carboxylic acid groups (broad SMARTS) is 2. The van der Waals surface area contributed by atoms with Crippen molar-refractivity contribution >= 4 is 17.5 Å². The van der Waals surface area contributed by atoms with Crippen molar-refractivity contribution in [2.75, 3.05) is 0 Å². The fraction of sp³-hybridized carbons (Fsp3) is 0.111. The summed E-state index contributed by atoms with van der Waals surface area (Å²) >= 11 is 0. The van der Waals surface area contributed by atoms with Crippen LogP contribution in [0.4, 0.5) is 0 Å². The van der Waals surface area contributed by atoms with Crippen molar-refractivity contribution in [3.8, 4) is 0 Å². The molecule has 22 heavy (non-hydrogen) atoms. The number of benzene rings is 2. The summed E-state index contributed by atoms with van der Waals surface area (Å²) in [4.78, 5) is 22.2. The number of hydrogen-bond acceptors (Lipinski definition) is 2. The van der Waals surface area contributed by atoms with E-state index < -0.39 is 11.9 Å². The van der Waals surface area contributed by atoms with Crippen LogP contribution in [0.25, 0.3) is 5.57 Å². The number of rotatable bonds is 2. The van der Waals surface area contributed by atoms with E-state index in [9.17, 15) is 9.59 Å². The fourth-order valence-electron chi connectivity index (χ4n) is 3.46. The first kappa shape index (κ1) is 12.8. The first-order valence-electron chi connectivity index (χ1n) is 7.00. The van der Waals surface area contributed by atoms with Crippen LogP contribution in [0, 0.1) is 0 Å². The van der Waals surface area contributed by atoms with Gasteiger partial charge < -0.3 is 10.2 Å². The average Bonchev–Trinajstić information content (AvgIpc) is 3.00. The fourth-order valence-corrected chi connectivity index (χ4v) is 3.46. The van der Waals surface area contributed by atoms with E-state index >= 15 is 0 Å². The van der Waals surface area contributed by atoms with Crippen molar-refractivity contribution < 1.29 is 19.8 Å². The monoisotopic (exact) mass is 292 g/mol. The lowest BCUT2D eigenvalue weighted by molar-refractivity contribution is 0.0686. The molecule has 108 valence electrons. The SMILES string of the molecule is O=C(O)c1ccc2c(c1)CC1=C2c2ccc(C(=O)O)cc2C1. The molecule has 4 heteroatoms. The lowest BCUT2D eigenvalue weighted by Crippen LogP contribution is -2.01. The Kier molecular flexibility index (Phi) is 2.51. The number of carboxylic acids is 2. The predicted octanol–water partition coefficient (Wildman–Crippen LogP) is 3.00. The Hall–Kier alpha value is -2.88. The average molecular weight is 292 g/mol. The van der Waals surface area contributed by atoms with Gasteiger partial charge in [0.1, 0.15) is 0 Å². The van der Waals surface area contributed by atoms with Gasteiger partial charge in [-0.3, -0.25) is 0 Å². The van der Waals surface area contributed by atoms with Crippen LogP contribution < -0.4 is 0 Å². The van der Waals surface area contributed by atoms with Gasteiger partial charge in [0.25, 0.3) is 0 Å². The Balaban J connectivity index is 1.80. The maximum absolute atomic E-state index is 11.1. The summed E-state index contributed by atoms with van der Waals surface area (Å²) in [6.45, 7) is 0. The topological polar surface area (TPSA) is 74.6 Å². The normalized spacial score (nSPS) is 14.5. The summed E-state index contributed by atoms with van der Waals surface area (Å²) in [7, 11) is 0. The Labute approximate surface area is 126 Å². The first-order chi connectivity index (χ1) is 10.5. The third kappa shape index (κ3) is 1.70. The highest BCUT2D eigenvalue weighted by Crippen LogP contribution is 2.45. The highest BCUT2D eigenvalue weighted by atomic mass is 16.4. The molecule has 0 bridgehead atoms. The van der Waals surface area contributed by atoms with Gasteiger partial charge in [-0.25, -0.2) is 9.59 Å². The lowest BCUT2D eigenvalue weighted by atomic mass is 9.95. The third-order valence-corrected chi connectivity index (χ3v) is 4.40. The van der Waals surface area contributed by atoms with Gasteiger partial charge in [0, 0.05) is 0 Å². The van der Waals surface area contributed by atoms with Crippen LogP contribution >= 0.6 is 0 Å². The van der Waals surface area contributed by atoms with Gasteiger partial charge in [-0.1, -0.05) is 17.7 Å². The van der Waals surface area contributed by atoms with E-state index in [0.29, 0.717) is 11.1 Å².